The molecule has 14 heteroatoms. The number of ether oxygens (including phenoxy) is 1. The molecule has 2 aliphatic carbocycles. The molecule has 202 valence electrons. The maximum Gasteiger partial charge on any atom is 0.416 e. The topological polar surface area (TPSA) is 138 Å². The van der Waals surface area contributed by atoms with Crippen molar-refractivity contribution in [3.8, 4) is 16.5 Å². The lowest BCUT2D eigenvalue weighted by Gasteiger charge is -2.57. The molecule has 6 rings (SSSR count). The van der Waals surface area contributed by atoms with Gasteiger partial charge in [-0.15, -0.1) is 10.2 Å². The Morgan fingerprint density at radius 2 is 1.87 bits per heavy atom. The molecular formula is C25H22F3N7O3S. The number of aromatic nitrogens is 5. The summed E-state index contributed by atoms with van der Waals surface area (Å²) in [5, 5.41) is 16.2. The van der Waals surface area contributed by atoms with Crippen LogP contribution in [0.1, 0.15) is 51.4 Å². The van der Waals surface area contributed by atoms with Gasteiger partial charge < -0.3 is 15.8 Å². The van der Waals surface area contributed by atoms with Crippen molar-refractivity contribution in [2.24, 2.45) is 18.2 Å². The molecule has 1 aromatic carbocycles. The lowest BCUT2D eigenvalue weighted by Crippen LogP contribution is -2.58. The van der Waals surface area contributed by atoms with Crippen LogP contribution in [0, 0.1) is 5.41 Å². The quantitative estimate of drug-likeness (QED) is 0.369. The number of carbonyl (C=O) groups is 2. The van der Waals surface area contributed by atoms with Gasteiger partial charge in [-0.2, -0.15) is 23.3 Å². The van der Waals surface area contributed by atoms with E-state index in [2.05, 4.69) is 25.6 Å². The van der Waals surface area contributed by atoms with Crippen LogP contribution in [0.4, 0.5) is 13.2 Å². The van der Waals surface area contributed by atoms with Crippen molar-refractivity contribution in [2.75, 3.05) is 0 Å². The summed E-state index contributed by atoms with van der Waals surface area (Å²) in [7, 11) is 1.75. The maximum absolute atomic E-state index is 12.8. The van der Waals surface area contributed by atoms with E-state index in [-0.39, 0.29) is 39.9 Å². The second kappa shape index (κ2) is 9.00. The number of halogens is 3. The van der Waals surface area contributed by atoms with E-state index in [1.54, 1.807) is 24.0 Å². The van der Waals surface area contributed by atoms with E-state index in [1.807, 2.05) is 0 Å². The van der Waals surface area contributed by atoms with Crippen molar-refractivity contribution in [2.45, 2.75) is 44.0 Å². The normalized spacial score (nSPS) is 22.4. The van der Waals surface area contributed by atoms with Gasteiger partial charge in [-0.1, -0.05) is 23.5 Å². The van der Waals surface area contributed by atoms with E-state index in [1.165, 1.54) is 12.1 Å². The first-order chi connectivity index (χ1) is 18.5. The number of nitrogens with zero attached hydrogens (tertiary/aromatic N) is 5. The highest BCUT2D eigenvalue weighted by molar-refractivity contribution is 7.16. The first kappa shape index (κ1) is 25.2. The molecule has 2 amide bonds. The molecule has 39 heavy (non-hydrogen) atoms. The summed E-state index contributed by atoms with van der Waals surface area (Å²) in [6, 6.07) is 6.18. The highest BCUT2D eigenvalue weighted by atomic mass is 32.1. The summed E-state index contributed by atoms with van der Waals surface area (Å²) < 4.78 is 46.0. The van der Waals surface area contributed by atoms with Gasteiger partial charge in [0.15, 0.2) is 5.65 Å². The summed E-state index contributed by atoms with van der Waals surface area (Å²) in [5.41, 5.74) is 6.09. The fraction of sp³-hybridized carbons (Fsp3) is 0.360. The molecule has 2 fully saturated rings. The van der Waals surface area contributed by atoms with Crippen LogP contribution >= 0.6 is 11.3 Å². The van der Waals surface area contributed by atoms with Crippen LogP contribution in [0.3, 0.4) is 0 Å². The first-order valence-electron chi connectivity index (χ1n) is 12.1. The van der Waals surface area contributed by atoms with E-state index in [0.717, 1.165) is 49.2 Å². The average Bonchev–Trinajstić information content (AvgIpc) is 3.48. The number of amides is 2. The van der Waals surface area contributed by atoms with Crippen LogP contribution in [0.25, 0.3) is 21.6 Å². The Kier molecular flexibility index (Phi) is 5.82. The van der Waals surface area contributed by atoms with Crippen LogP contribution < -0.4 is 15.8 Å². The van der Waals surface area contributed by atoms with Crippen molar-refractivity contribution < 1.29 is 27.5 Å². The van der Waals surface area contributed by atoms with E-state index < -0.39 is 17.6 Å². The maximum atomic E-state index is 12.8. The summed E-state index contributed by atoms with van der Waals surface area (Å²) in [6.07, 6.45) is 0.151. The Balaban J connectivity index is 1.02. The number of hydrogen-bond acceptors (Lipinski definition) is 8. The molecule has 2 aliphatic rings. The Bertz CT molecular complexity index is 1580. The molecule has 0 atom stereocenters. The zero-order valence-electron chi connectivity index (χ0n) is 20.5. The third-order valence-corrected chi connectivity index (χ3v) is 8.28. The third-order valence-electron chi connectivity index (χ3n) is 7.31. The Morgan fingerprint density at radius 3 is 2.54 bits per heavy atom. The molecular weight excluding hydrogens is 535 g/mol. The molecule has 0 bridgehead atoms. The van der Waals surface area contributed by atoms with Crippen LogP contribution in [0.5, 0.6) is 5.88 Å². The van der Waals surface area contributed by atoms with Gasteiger partial charge in [-0.05, 0) is 49.3 Å². The Hall–Kier alpha value is -4.07. The SMILES string of the molecule is Cn1ncc2cc(C(N)=O)c(O[C@H]3CC4(C[C@H](NC(=O)c5nnc(-c6ccc(C(F)(F)F)cc6)s5)C4)C3)nc21. The van der Waals surface area contributed by atoms with E-state index in [4.69, 9.17) is 10.5 Å². The van der Waals surface area contributed by atoms with Crippen molar-refractivity contribution >= 4 is 34.2 Å². The van der Waals surface area contributed by atoms with Crippen LogP contribution in [0.2, 0.25) is 0 Å². The van der Waals surface area contributed by atoms with Crippen LogP contribution in [0.15, 0.2) is 36.5 Å². The standard InChI is InChI=1S/C25H22F3N7O3S/c1-35-19-13(11-30-35)6-17(18(29)36)21(32-19)38-16-9-24(10-16)7-15(8-24)31-20(37)23-34-33-22(39-23)12-2-4-14(5-3-12)25(26,27)28/h2-6,11,15-16H,7-10H2,1H3,(H2,29,36)(H,31,37)/t15-,16-,24?. The Labute approximate surface area is 223 Å². The van der Waals surface area contributed by atoms with Crippen molar-refractivity contribution in [3.05, 3.63) is 52.7 Å². The number of aryl methyl sites for hydroxylation is 1. The molecule has 3 N–H and O–H groups in total. The lowest BCUT2D eigenvalue weighted by molar-refractivity contribution is -0.137. The Morgan fingerprint density at radius 1 is 1.15 bits per heavy atom. The summed E-state index contributed by atoms with van der Waals surface area (Å²) >= 11 is 1.02. The highest BCUT2D eigenvalue weighted by Gasteiger charge is 2.54. The molecule has 4 aromatic rings. The van der Waals surface area contributed by atoms with E-state index in [0.29, 0.717) is 21.6 Å². The fourth-order valence-corrected chi connectivity index (χ4v) is 6.13. The van der Waals surface area contributed by atoms with Crippen molar-refractivity contribution in [3.63, 3.8) is 0 Å². The summed E-state index contributed by atoms with van der Waals surface area (Å²) in [4.78, 5) is 29.1. The number of carbonyl (C=O) groups excluding carboxylic acids is 2. The molecule has 10 nitrogen and oxygen atoms in total. The number of hydrogen-bond donors (Lipinski definition) is 2. The number of rotatable bonds is 6. The van der Waals surface area contributed by atoms with Gasteiger partial charge in [-0.25, -0.2) is 0 Å². The largest absolute Gasteiger partial charge is 0.474 e. The number of nitrogens with two attached hydrogens (primary N) is 1. The predicted octanol–water partition coefficient (Wildman–Crippen LogP) is 3.72. The number of benzene rings is 1. The lowest BCUT2D eigenvalue weighted by atomic mass is 9.53. The zero-order chi connectivity index (χ0) is 27.5. The van der Waals surface area contributed by atoms with Crippen molar-refractivity contribution in [1.29, 1.82) is 0 Å². The van der Waals surface area contributed by atoms with Crippen molar-refractivity contribution in [1.82, 2.24) is 30.3 Å². The molecule has 0 saturated heterocycles. The number of alkyl halides is 3. The zero-order valence-corrected chi connectivity index (χ0v) is 21.3. The first-order valence-corrected chi connectivity index (χ1v) is 12.9. The van der Waals surface area contributed by atoms with Gasteiger partial charge in [0, 0.05) is 24.0 Å². The predicted molar refractivity (Wildman–Crippen MR) is 134 cm³/mol. The van der Waals surface area contributed by atoms with Crippen LogP contribution in [-0.4, -0.2) is 48.9 Å². The number of fused-ring (bicyclic) bond motifs is 1. The van der Waals surface area contributed by atoms with Gasteiger partial charge >= 0.3 is 6.18 Å². The molecule has 1 spiro atoms. The fourth-order valence-electron chi connectivity index (χ4n) is 5.38. The van der Waals surface area contributed by atoms with Gasteiger partial charge in [0.25, 0.3) is 11.8 Å². The summed E-state index contributed by atoms with van der Waals surface area (Å²) in [6.45, 7) is 0. The molecule has 0 unspecified atom stereocenters. The number of primary amides is 1. The van der Waals surface area contributed by atoms with Gasteiger partial charge in [-0.3, -0.25) is 14.3 Å². The minimum atomic E-state index is -4.42. The number of pyridine rings is 1. The van der Waals surface area contributed by atoms with E-state index in [9.17, 15) is 22.8 Å². The second-order valence-corrected chi connectivity index (χ2v) is 11.1. The number of nitrogens with one attached hydrogen (secondary N) is 1. The molecule has 2 saturated carbocycles. The van der Waals surface area contributed by atoms with Gasteiger partial charge in [0.05, 0.1) is 11.8 Å². The molecule has 0 radical (unpaired) electrons. The molecule has 3 aromatic heterocycles. The monoisotopic (exact) mass is 557 g/mol. The highest BCUT2D eigenvalue weighted by Crippen LogP contribution is 2.57. The third kappa shape index (κ3) is 4.68. The summed E-state index contributed by atoms with van der Waals surface area (Å²) in [5.74, 6) is -0.790. The molecule has 0 aliphatic heterocycles. The minimum absolute atomic E-state index is 0.0260. The average molecular weight is 558 g/mol. The van der Waals surface area contributed by atoms with Gasteiger partial charge in [0.1, 0.15) is 16.7 Å². The molecule has 3 heterocycles. The second-order valence-electron chi connectivity index (χ2n) is 10.1. The minimum Gasteiger partial charge on any atom is -0.474 e. The van der Waals surface area contributed by atoms with Crippen LogP contribution in [-0.2, 0) is 13.2 Å². The van der Waals surface area contributed by atoms with Gasteiger partial charge in [0.2, 0.25) is 10.9 Å². The van der Waals surface area contributed by atoms with E-state index >= 15 is 0 Å². The smallest absolute Gasteiger partial charge is 0.416 e.